The van der Waals surface area contributed by atoms with Crippen LogP contribution in [0.1, 0.15) is 51.4 Å². The largest absolute Gasteiger partial charge is 0.312 e. The number of aromatic nitrogens is 2. The van der Waals surface area contributed by atoms with Gasteiger partial charge in [-0.05, 0) is 26.3 Å². The molecule has 0 aliphatic rings. The first-order chi connectivity index (χ1) is 7.93. The van der Waals surface area contributed by atoms with Crippen LogP contribution in [0.25, 0.3) is 0 Å². The van der Waals surface area contributed by atoms with E-state index in [1.165, 1.54) is 10.9 Å². The molecule has 0 amide bonds. The lowest BCUT2D eigenvalue weighted by Gasteiger charge is -2.12. The van der Waals surface area contributed by atoms with Crippen molar-refractivity contribution >= 4 is 0 Å². The predicted molar refractivity (Wildman–Crippen MR) is 64.1 cm³/mol. The van der Waals surface area contributed by atoms with Gasteiger partial charge in [0.25, 0.3) is 6.43 Å². The molecular weight excluding hydrogens is 224 g/mol. The quantitative estimate of drug-likeness (QED) is 0.834. The van der Waals surface area contributed by atoms with E-state index in [0.717, 1.165) is 6.54 Å². The molecule has 98 valence electrons. The van der Waals surface area contributed by atoms with Gasteiger partial charge in [0.15, 0.2) is 0 Å². The van der Waals surface area contributed by atoms with E-state index >= 15 is 0 Å². The molecule has 0 aliphatic heterocycles. The van der Waals surface area contributed by atoms with Crippen molar-refractivity contribution in [1.29, 1.82) is 0 Å². The zero-order valence-electron chi connectivity index (χ0n) is 10.9. The minimum absolute atomic E-state index is 0.0382. The lowest BCUT2D eigenvalue weighted by atomic mass is 10.2. The van der Waals surface area contributed by atoms with E-state index in [1.807, 2.05) is 13.8 Å². The van der Waals surface area contributed by atoms with Crippen molar-refractivity contribution in [3.05, 3.63) is 17.5 Å². The number of hydrogen-bond acceptors (Lipinski definition) is 2. The molecule has 0 radical (unpaired) electrons. The maximum absolute atomic E-state index is 13.0. The second-order valence-corrected chi connectivity index (χ2v) is 4.92. The molecule has 1 heterocycles. The SMILES string of the molecule is CC(C)CNCc1cnn(C(C)C)c1C(F)F. The molecule has 1 aromatic heterocycles. The average Bonchev–Trinajstić information content (AvgIpc) is 2.61. The van der Waals surface area contributed by atoms with Crippen LogP contribution in [0.3, 0.4) is 0 Å². The fraction of sp³-hybridized carbons (Fsp3) is 0.750. The topological polar surface area (TPSA) is 29.9 Å². The van der Waals surface area contributed by atoms with Crippen molar-refractivity contribution in [2.75, 3.05) is 6.54 Å². The van der Waals surface area contributed by atoms with Gasteiger partial charge in [-0.2, -0.15) is 5.10 Å². The van der Waals surface area contributed by atoms with Crippen molar-refractivity contribution in [3.8, 4) is 0 Å². The Labute approximate surface area is 101 Å². The van der Waals surface area contributed by atoms with Crippen LogP contribution in [-0.2, 0) is 6.54 Å². The molecule has 1 rings (SSSR count). The lowest BCUT2D eigenvalue weighted by Crippen LogP contribution is -2.20. The normalized spacial score (nSPS) is 12.1. The van der Waals surface area contributed by atoms with Crippen molar-refractivity contribution in [2.24, 2.45) is 5.92 Å². The summed E-state index contributed by atoms with van der Waals surface area (Å²) in [5.41, 5.74) is 0.630. The smallest absolute Gasteiger partial charge is 0.280 e. The van der Waals surface area contributed by atoms with Gasteiger partial charge in [-0.25, -0.2) is 8.78 Å². The molecular formula is C12H21F2N3. The zero-order valence-corrected chi connectivity index (χ0v) is 10.9. The van der Waals surface area contributed by atoms with E-state index in [2.05, 4.69) is 24.3 Å². The Bertz CT molecular complexity index is 346. The van der Waals surface area contributed by atoms with Crippen LogP contribution in [0.2, 0.25) is 0 Å². The first kappa shape index (κ1) is 14.1. The number of alkyl halides is 2. The van der Waals surface area contributed by atoms with Gasteiger partial charge in [0, 0.05) is 18.2 Å². The van der Waals surface area contributed by atoms with Crippen molar-refractivity contribution < 1.29 is 8.78 Å². The van der Waals surface area contributed by atoms with Gasteiger partial charge in [-0.3, -0.25) is 4.68 Å². The van der Waals surface area contributed by atoms with Gasteiger partial charge >= 0.3 is 0 Å². The Morgan fingerprint density at radius 2 is 1.94 bits per heavy atom. The molecule has 1 aromatic rings. The summed E-state index contributed by atoms with van der Waals surface area (Å²) in [5.74, 6) is 0.505. The highest BCUT2D eigenvalue weighted by Gasteiger charge is 2.20. The van der Waals surface area contributed by atoms with Crippen LogP contribution in [0.4, 0.5) is 8.78 Å². The third kappa shape index (κ3) is 3.77. The Kier molecular flexibility index (Phi) is 5.05. The number of nitrogens with one attached hydrogen (secondary N) is 1. The van der Waals surface area contributed by atoms with E-state index in [0.29, 0.717) is 18.0 Å². The standard InChI is InChI=1S/C12H21F2N3/c1-8(2)5-15-6-10-7-16-17(9(3)4)11(10)12(13)14/h7-9,12,15H,5-6H2,1-4H3. The zero-order chi connectivity index (χ0) is 13.0. The maximum Gasteiger partial charge on any atom is 0.280 e. The van der Waals surface area contributed by atoms with Crippen molar-refractivity contribution in [3.63, 3.8) is 0 Å². The van der Waals surface area contributed by atoms with E-state index in [1.54, 1.807) is 0 Å². The molecule has 0 aromatic carbocycles. The molecule has 0 spiro atoms. The summed E-state index contributed by atoms with van der Waals surface area (Å²) in [6.45, 7) is 9.13. The van der Waals surface area contributed by atoms with Crippen LogP contribution in [0.5, 0.6) is 0 Å². The first-order valence-electron chi connectivity index (χ1n) is 5.98. The molecule has 0 saturated heterocycles. The van der Waals surface area contributed by atoms with Gasteiger partial charge < -0.3 is 5.32 Å². The fourth-order valence-electron chi connectivity index (χ4n) is 1.69. The molecule has 17 heavy (non-hydrogen) atoms. The third-order valence-corrected chi connectivity index (χ3v) is 2.48. The van der Waals surface area contributed by atoms with Crippen LogP contribution < -0.4 is 5.32 Å². The second kappa shape index (κ2) is 6.10. The van der Waals surface area contributed by atoms with Crippen molar-refractivity contribution in [2.45, 2.75) is 46.7 Å². The number of hydrogen-bond donors (Lipinski definition) is 1. The molecule has 0 atom stereocenters. The lowest BCUT2D eigenvalue weighted by molar-refractivity contribution is 0.135. The fourth-order valence-corrected chi connectivity index (χ4v) is 1.69. The van der Waals surface area contributed by atoms with Crippen LogP contribution in [0, 0.1) is 5.92 Å². The number of rotatable bonds is 6. The Hall–Kier alpha value is -0.970. The molecule has 3 nitrogen and oxygen atoms in total. The molecule has 0 aliphatic carbocycles. The van der Waals surface area contributed by atoms with E-state index in [-0.39, 0.29) is 11.7 Å². The van der Waals surface area contributed by atoms with Gasteiger partial charge in [-0.15, -0.1) is 0 Å². The maximum atomic E-state index is 13.0. The molecule has 1 N–H and O–H groups in total. The summed E-state index contributed by atoms with van der Waals surface area (Å²) in [5, 5.41) is 7.19. The first-order valence-corrected chi connectivity index (χ1v) is 5.98. The molecule has 0 unspecified atom stereocenters. The summed E-state index contributed by atoms with van der Waals surface area (Å²) in [4.78, 5) is 0. The average molecular weight is 245 g/mol. The molecule has 5 heteroatoms. The van der Waals surface area contributed by atoms with E-state index in [9.17, 15) is 8.78 Å². The van der Waals surface area contributed by atoms with E-state index < -0.39 is 6.43 Å². The minimum atomic E-state index is -2.48. The highest BCUT2D eigenvalue weighted by molar-refractivity contribution is 5.19. The summed E-state index contributed by atoms with van der Waals surface area (Å²) >= 11 is 0. The van der Waals surface area contributed by atoms with Gasteiger partial charge in [0.05, 0.1) is 6.20 Å². The molecule has 0 fully saturated rings. The Morgan fingerprint density at radius 3 is 2.41 bits per heavy atom. The van der Waals surface area contributed by atoms with Gasteiger partial charge in [0.1, 0.15) is 5.69 Å². The Morgan fingerprint density at radius 1 is 1.29 bits per heavy atom. The predicted octanol–water partition coefficient (Wildman–Crippen LogP) is 3.15. The van der Waals surface area contributed by atoms with E-state index in [4.69, 9.17) is 0 Å². The summed E-state index contributed by atoms with van der Waals surface area (Å²) in [6, 6.07) is -0.0437. The third-order valence-electron chi connectivity index (χ3n) is 2.48. The van der Waals surface area contributed by atoms with Crippen molar-refractivity contribution in [1.82, 2.24) is 15.1 Å². The minimum Gasteiger partial charge on any atom is -0.312 e. The van der Waals surface area contributed by atoms with Gasteiger partial charge in [-0.1, -0.05) is 13.8 Å². The van der Waals surface area contributed by atoms with Crippen LogP contribution >= 0.6 is 0 Å². The number of halogens is 2. The summed E-state index contributed by atoms with van der Waals surface area (Å²) in [7, 11) is 0. The van der Waals surface area contributed by atoms with Gasteiger partial charge in [0.2, 0.25) is 0 Å². The highest BCUT2D eigenvalue weighted by atomic mass is 19.3. The monoisotopic (exact) mass is 245 g/mol. The summed E-state index contributed by atoms with van der Waals surface area (Å²) in [6.07, 6.45) is -0.940. The molecule has 0 saturated carbocycles. The van der Waals surface area contributed by atoms with Crippen LogP contribution in [0.15, 0.2) is 6.20 Å². The Balaban J connectivity index is 2.78. The van der Waals surface area contributed by atoms with Crippen LogP contribution in [-0.4, -0.2) is 16.3 Å². The second-order valence-electron chi connectivity index (χ2n) is 4.92. The highest BCUT2D eigenvalue weighted by Crippen LogP contribution is 2.25. The summed E-state index contributed by atoms with van der Waals surface area (Å²) < 4.78 is 27.4. The number of nitrogens with zero attached hydrogens (tertiary/aromatic N) is 2. The molecule has 0 bridgehead atoms.